The second-order valence-corrected chi connectivity index (χ2v) is 5.47. The van der Waals surface area contributed by atoms with Crippen molar-refractivity contribution in [2.45, 2.75) is 33.0 Å². The van der Waals surface area contributed by atoms with Crippen molar-refractivity contribution in [3.8, 4) is 0 Å². The highest BCUT2D eigenvalue weighted by Gasteiger charge is 2.03. The number of aromatic nitrogens is 4. The van der Waals surface area contributed by atoms with E-state index >= 15 is 0 Å². The van der Waals surface area contributed by atoms with Gasteiger partial charge in [-0.05, 0) is 23.8 Å². The molecule has 0 aliphatic carbocycles. The van der Waals surface area contributed by atoms with Gasteiger partial charge in [-0.25, -0.2) is 4.68 Å². The van der Waals surface area contributed by atoms with Crippen LogP contribution >= 0.6 is 0 Å². The molecule has 0 saturated carbocycles. The first-order valence-corrected chi connectivity index (χ1v) is 7.17. The minimum Gasteiger partial charge on any atom is -0.309 e. The molecule has 1 aromatic carbocycles. The van der Waals surface area contributed by atoms with E-state index in [0.717, 1.165) is 29.7 Å². The van der Waals surface area contributed by atoms with Crippen LogP contribution in [0.2, 0.25) is 0 Å². The van der Waals surface area contributed by atoms with Crippen molar-refractivity contribution in [2.75, 3.05) is 0 Å². The maximum Gasteiger partial charge on any atom is 0.0965 e. The van der Waals surface area contributed by atoms with E-state index in [-0.39, 0.29) is 0 Å². The molecule has 0 radical (unpaired) electrons. The minimum atomic E-state index is 0.447. The van der Waals surface area contributed by atoms with Gasteiger partial charge in [-0.3, -0.25) is 4.98 Å². The van der Waals surface area contributed by atoms with E-state index in [2.05, 4.69) is 52.7 Å². The molecule has 0 bridgehead atoms. The van der Waals surface area contributed by atoms with Crippen LogP contribution in [0.15, 0.2) is 42.7 Å². The number of hydrogen-bond donors (Lipinski definition) is 1. The Morgan fingerprint density at radius 3 is 3.00 bits per heavy atom. The Labute approximate surface area is 124 Å². The maximum atomic E-state index is 4.33. The summed E-state index contributed by atoms with van der Waals surface area (Å²) in [6.45, 7) is 5.71. The summed E-state index contributed by atoms with van der Waals surface area (Å²) in [6, 6.07) is 10.8. The molecule has 0 amide bonds. The van der Waals surface area contributed by atoms with Crippen molar-refractivity contribution >= 4 is 10.9 Å². The highest BCUT2D eigenvalue weighted by atomic mass is 15.4. The van der Waals surface area contributed by atoms with Gasteiger partial charge in [0.15, 0.2) is 0 Å². The Kier molecular flexibility index (Phi) is 3.92. The normalized spacial score (nSPS) is 11.4. The monoisotopic (exact) mass is 281 g/mol. The number of hydrogen-bond acceptors (Lipinski definition) is 4. The first-order valence-electron chi connectivity index (χ1n) is 7.17. The SMILES string of the molecule is CC(C)NCc1cn(Cc2ccc3ncccc3c2)nn1. The van der Waals surface area contributed by atoms with E-state index in [9.17, 15) is 0 Å². The topological polar surface area (TPSA) is 55.6 Å². The highest BCUT2D eigenvalue weighted by molar-refractivity contribution is 5.78. The summed E-state index contributed by atoms with van der Waals surface area (Å²) >= 11 is 0. The van der Waals surface area contributed by atoms with Crippen LogP contribution in [-0.2, 0) is 13.1 Å². The van der Waals surface area contributed by atoms with Crippen molar-refractivity contribution < 1.29 is 0 Å². The number of fused-ring (bicyclic) bond motifs is 1. The zero-order valence-corrected chi connectivity index (χ0v) is 12.3. The van der Waals surface area contributed by atoms with Crippen LogP contribution in [0.1, 0.15) is 25.1 Å². The fourth-order valence-electron chi connectivity index (χ4n) is 2.22. The van der Waals surface area contributed by atoms with E-state index in [0.29, 0.717) is 6.04 Å². The largest absolute Gasteiger partial charge is 0.309 e. The lowest BCUT2D eigenvalue weighted by molar-refractivity contribution is 0.580. The molecule has 0 spiro atoms. The lowest BCUT2D eigenvalue weighted by Crippen LogP contribution is -2.21. The van der Waals surface area contributed by atoms with Crippen molar-refractivity contribution in [1.29, 1.82) is 0 Å². The van der Waals surface area contributed by atoms with Crippen LogP contribution in [0.25, 0.3) is 10.9 Å². The van der Waals surface area contributed by atoms with Gasteiger partial charge < -0.3 is 5.32 Å². The lowest BCUT2D eigenvalue weighted by Gasteiger charge is -2.04. The van der Waals surface area contributed by atoms with E-state index in [1.807, 2.05) is 29.2 Å². The van der Waals surface area contributed by atoms with Gasteiger partial charge in [0.25, 0.3) is 0 Å². The third-order valence-corrected chi connectivity index (χ3v) is 3.29. The molecular formula is C16H19N5. The average Bonchev–Trinajstić information content (AvgIpc) is 2.92. The lowest BCUT2D eigenvalue weighted by atomic mass is 10.1. The van der Waals surface area contributed by atoms with E-state index < -0.39 is 0 Å². The van der Waals surface area contributed by atoms with Crippen LogP contribution in [0.5, 0.6) is 0 Å². The van der Waals surface area contributed by atoms with Gasteiger partial charge in [-0.15, -0.1) is 5.10 Å². The zero-order chi connectivity index (χ0) is 14.7. The summed E-state index contributed by atoms with van der Waals surface area (Å²) in [5.41, 5.74) is 3.18. The third kappa shape index (κ3) is 3.44. The zero-order valence-electron chi connectivity index (χ0n) is 12.3. The molecule has 3 aromatic rings. The molecule has 0 aliphatic rings. The van der Waals surface area contributed by atoms with Gasteiger partial charge in [-0.1, -0.05) is 31.2 Å². The van der Waals surface area contributed by atoms with Crippen LogP contribution in [0.4, 0.5) is 0 Å². The second-order valence-electron chi connectivity index (χ2n) is 5.47. The Balaban J connectivity index is 1.72. The van der Waals surface area contributed by atoms with Gasteiger partial charge in [0.1, 0.15) is 0 Å². The maximum absolute atomic E-state index is 4.33. The predicted octanol–water partition coefficient (Wildman–Crippen LogP) is 2.37. The quantitative estimate of drug-likeness (QED) is 0.780. The van der Waals surface area contributed by atoms with E-state index in [1.165, 1.54) is 5.56 Å². The molecule has 108 valence electrons. The minimum absolute atomic E-state index is 0.447. The molecule has 0 saturated heterocycles. The number of nitrogens with zero attached hydrogens (tertiary/aromatic N) is 4. The molecule has 5 heteroatoms. The van der Waals surface area contributed by atoms with Gasteiger partial charge in [0.05, 0.1) is 24.0 Å². The van der Waals surface area contributed by atoms with E-state index in [1.54, 1.807) is 0 Å². The average molecular weight is 281 g/mol. The summed E-state index contributed by atoms with van der Waals surface area (Å²) in [5.74, 6) is 0. The van der Waals surface area contributed by atoms with Gasteiger partial charge >= 0.3 is 0 Å². The van der Waals surface area contributed by atoms with Gasteiger partial charge in [0, 0.05) is 24.2 Å². The molecule has 0 unspecified atom stereocenters. The highest BCUT2D eigenvalue weighted by Crippen LogP contribution is 2.14. The fraction of sp³-hybridized carbons (Fsp3) is 0.312. The van der Waals surface area contributed by atoms with Crippen LogP contribution in [-0.4, -0.2) is 26.0 Å². The number of nitrogens with one attached hydrogen (secondary N) is 1. The van der Waals surface area contributed by atoms with Gasteiger partial charge in [-0.2, -0.15) is 0 Å². The molecule has 2 heterocycles. The molecule has 0 atom stereocenters. The van der Waals surface area contributed by atoms with Crippen molar-refractivity contribution in [3.05, 3.63) is 54.0 Å². The molecule has 0 fully saturated rings. The number of rotatable bonds is 5. The van der Waals surface area contributed by atoms with Crippen molar-refractivity contribution in [1.82, 2.24) is 25.3 Å². The van der Waals surface area contributed by atoms with Crippen LogP contribution in [0.3, 0.4) is 0 Å². The molecule has 5 nitrogen and oxygen atoms in total. The number of benzene rings is 1. The Bertz CT molecular complexity index is 732. The molecule has 3 rings (SSSR count). The van der Waals surface area contributed by atoms with Crippen molar-refractivity contribution in [3.63, 3.8) is 0 Å². The summed E-state index contributed by atoms with van der Waals surface area (Å²) in [7, 11) is 0. The summed E-state index contributed by atoms with van der Waals surface area (Å²) < 4.78 is 1.87. The summed E-state index contributed by atoms with van der Waals surface area (Å²) in [6.07, 6.45) is 3.80. The van der Waals surface area contributed by atoms with Gasteiger partial charge in [0.2, 0.25) is 0 Å². The Morgan fingerprint density at radius 2 is 2.14 bits per heavy atom. The predicted molar refractivity (Wildman–Crippen MR) is 82.8 cm³/mol. The Hall–Kier alpha value is -2.27. The summed E-state index contributed by atoms with van der Waals surface area (Å²) in [5, 5.41) is 12.9. The first-order chi connectivity index (χ1) is 10.2. The number of pyridine rings is 1. The molecule has 21 heavy (non-hydrogen) atoms. The van der Waals surface area contributed by atoms with E-state index in [4.69, 9.17) is 0 Å². The molecular weight excluding hydrogens is 262 g/mol. The second kappa shape index (κ2) is 6.01. The Morgan fingerprint density at radius 1 is 1.24 bits per heavy atom. The molecule has 2 aromatic heterocycles. The smallest absolute Gasteiger partial charge is 0.0965 e. The first kappa shape index (κ1) is 13.7. The molecule has 0 aliphatic heterocycles. The molecule has 1 N–H and O–H groups in total. The third-order valence-electron chi connectivity index (χ3n) is 3.29. The summed E-state index contributed by atoms with van der Waals surface area (Å²) in [4.78, 5) is 4.33. The standard InChI is InChI=1S/C16H19N5/c1-12(2)18-9-15-11-21(20-19-15)10-13-5-6-16-14(8-13)4-3-7-17-16/h3-8,11-12,18H,9-10H2,1-2H3. The van der Waals surface area contributed by atoms with Crippen LogP contribution < -0.4 is 5.32 Å². The van der Waals surface area contributed by atoms with Crippen LogP contribution in [0, 0.1) is 0 Å². The van der Waals surface area contributed by atoms with Crippen molar-refractivity contribution in [2.24, 2.45) is 0 Å². The fourth-order valence-corrected chi connectivity index (χ4v) is 2.22.